The van der Waals surface area contributed by atoms with E-state index in [1.165, 1.54) is 0 Å². The molecule has 0 aromatic heterocycles. The van der Waals surface area contributed by atoms with Gasteiger partial charge in [-0.05, 0) is 29.4 Å². The Morgan fingerprint density at radius 1 is 1.32 bits per heavy atom. The molecule has 0 aliphatic heterocycles. The Kier molecular flexibility index (Phi) is 5.73. The van der Waals surface area contributed by atoms with E-state index in [-0.39, 0.29) is 17.1 Å². The van der Waals surface area contributed by atoms with E-state index in [1.807, 2.05) is 0 Å². The Morgan fingerprint density at radius 2 is 1.89 bits per heavy atom. The zero-order valence-electron chi connectivity index (χ0n) is 12.1. The number of benzene rings is 1. The molecule has 2 N–H and O–H groups in total. The second-order valence-electron chi connectivity index (χ2n) is 5.74. The number of phenolic OH excluding ortho intramolecular Hbond substituents is 1. The van der Waals surface area contributed by atoms with Crippen LogP contribution in [-0.2, 0) is 11.2 Å². The first-order valence-electron chi connectivity index (χ1n) is 6.40. The van der Waals surface area contributed by atoms with Crippen molar-refractivity contribution in [2.24, 2.45) is 5.41 Å². The summed E-state index contributed by atoms with van der Waals surface area (Å²) in [5, 5.41) is 12.6. The number of phenols is 1. The van der Waals surface area contributed by atoms with Gasteiger partial charge in [0.25, 0.3) is 0 Å². The molecule has 0 saturated carbocycles. The Labute approximate surface area is 119 Å². The first-order valence-corrected chi connectivity index (χ1v) is 7.69. The summed E-state index contributed by atoms with van der Waals surface area (Å²) in [6.07, 6.45) is 2.42. The Balaban J connectivity index is 2.45. The van der Waals surface area contributed by atoms with E-state index in [4.69, 9.17) is 0 Å². The molecule has 1 atom stereocenters. The molecule has 0 aliphatic rings. The summed E-state index contributed by atoms with van der Waals surface area (Å²) in [4.78, 5) is 11.9. The van der Waals surface area contributed by atoms with Gasteiger partial charge in [-0.2, -0.15) is 11.8 Å². The number of aromatic hydroxyl groups is 1. The van der Waals surface area contributed by atoms with Gasteiger partial charge in [-0.3, -0.25) is 4.79 Å². The summed E-state index contributed by atoms with van der Waals surface area (Å²) in [5.41, 5.74) is 1.08. The second-order valence-corrected chi connectivity index (χ2v) is 6.78. The molecule has 106 valence electrons. The van der Waals surface area contributed by atoms with Crippen molar-refractivity contribution in [1.82, 2.24) is 5.32 Å². The number of carbonyl (C=O) groups excluding carboxylic acids is 1. The lowest BCUT2D eigenvalue weighted by Crippen LogP contribution is -2.37. The molecule has 0 bridgehead atoms. The third-order valence-corrected chi connectivity index (χ3v) is 4.48. The minimum Gasteiger partial charge on any atom is -0.508 e. The lowest BCUT2D eigenvalue weighted by Gasteiger charge is -2.29. The molecular weight excluding hydrogens is 258 g/mol. The molecule has 4 heteroatoms. The minimum absolute atomic E-state index is 0.0222. The minimum atomic E-state index is 0.0222. The van der Waals surface area contributed by atoms with Gasteiger partial charge >= 0.3 is 0 Å². The highest BCUT2D eigenvalue weighted by molar-refractivity contribution is 7.99. The highest BCUT2D eigenvalue weighted by Gasteiger charge is 2.23. The third kappa shape index (κ3) is 5.55. The van der Waals surface area contributed by atoms with Crippen LogP contribution in [0.4, 0.5) is 0 Å². The molecule has 0 aliphatic carbocycles. The number of hydrogen-bond acceptors (Lipinski definition) is 3. The molecular formula is C15H23NO2S. The Morgan fingerprint density at radius 3 is 2.37 bits per heavy atom. The maximum Gasteiger partial charge on any atom is 0.224 e. The summed E-state index contributed by atoms with van der Waals surface area (Å²) in [6, 6.07) is 6.74. The molecule has 1 aromatic carbocycles. The van der Waals surface area contributed by atoms with Crippen LogP contribution in [0.5, 0.6) is 5.75 Å². The number of thioether (sulfide) groups is 1. The average Bonchev–Trinajstić information content (AvgIpc) is 2.31. The van der Waals surface area contributed by atoms with Crippen molar-refractivity contribution in [2.75, 3.05) is 12.8 Å². The number of carbonyl (C=O) groups is 1. The van der Waals surface area contributed by atoms with Crippen LogP contribution >= 0.6 is 11.8 Å². The zero-order chi connectivity index (χ0) is 14.5. The number of amides is 1. The van der Waals surface area contributed by atoms with Crippen molar-refractivity contribution < 1.29 is 9.90 Å². The normalized spacial score (nSPS) is 13.1. The molecule has 0 unspecified atom stereocenters. The van der Waals surface area contributed by atoms with E-state index in [1.54, 1.807) is 36.0 Å². The van der Waals surface area contributed by atoms with Gasteiger partial charge in [-0.25, -0.2) is 0 Å². The summed E-state index contributed by atoms with van der Waals surface area (Å²) >= 11 is 1.78. The van der Waals surface area contributed by atoms with E-state index < -0.39 is 0 Å². The van der Waals surface area contributed by atoms with Crippen LogP contribution in [0.3, 0.4) is 0 Å². The lowest BCUT2D eigenvalue weighted by atomic mass is 9.91. The van der Waals surface area contributed by atoms with E-state index in [0.717, 1.165) is 5.56 Å². The SMILES string of the molecule is CS[C@@H](CNC(=O)Cc1ccc(O)cc1)C(C)(C)C. The van der Waals surface area contributed by atoms with E-state index in [2.05, 4.69) is 32.3 Å². The fourth-order valence-corrected chi connectivity index (χ4v) is 2.77. The maximum atomic E-state index is 11.9. The van der Waals surface area contributed by atoms with Crippen LogP contribution in [0.15, 0.2) is 24.3 Å². The van der Waals surface area contributed by atoms with E-state index >= 15 is 0 Å². The second kappa shape index (κ2) is 6.85. The topological polar surface area (TPSA) is 49.3 Å². The molecule has 0 heterocycles. The maximum absolute atomic E-state index is 11.9. The van der Waals surface area contributed by atoms with Gasteiger partial charge in [0.1, 0.15) is 5.75 Å². The summed E-state index contributed by atoms with van der Waals surface area (Å²) < 4.78 is 0. The predicted molar refractivity (Wildman–Crippen MR) is 81.6 cm³/mol. The van der Waals surface area contributed by atoms with Gasteiger partial charge in [0.05, 0.1) is 6.42 Å². The quantitative estimate of drug-likeness (QED) is 0.872. The zero-order valence-corrected chi connectivity index (χ0v) is 12.9. The molecule has 19 heavy (non-hydrogen) atoms. The van der Waals surface area contributed by atoms with Gasteiger partial charge in [-0.1, -0.05) is 32.9 Å². The molecule has 1 aromatic rings. The molecule has 1 rings (SSSR count). The fraction of sp³-hybridized carbons (Fsp3) is 0.533. The predicted octanol–water partition coefficient (Wildman–Crippen LogP) is 2.83. The summed E-state index contributed by atoms with van der Waals surface area (Å²) in [7, 11) is 0. The Bertz CT molecular complexity index is 409. The van der Waals surface area contributed by atoms with E-state index in [9.17, 15) is 9.90 Å². The third-order valence-electron chi connectivity index (χ3n) is 3.04. The molecule has 0 saturated heterocycles. The average molecular weight is 281 g/mol. The standard InChI is InChI=1S/C15H23NO2S/c1-15(2,3)13(19-4)10-16-14(18)9-11-5-7-12(17)8-6-11/h5-8,13,17H,9-10H2,1-4H3,(H,16,18)/t13-/m0/s1. The van der Waals surface area contributed by atoms with Crippen LogP contribution in [-0.4, -0.2) is 29.1 Å². The van der Waals surface area contributed by atoms with Crippen LogP contribution in [0.25, 0.3) is 0 Å². The van der Waals surface area contributed by atoms with Gasteiger partial charge in [0.15, 0.2) is 0 Å². The monoisotopic (exact) mass is 281 g/mol. The number of rotatable bonds is 5. The van der Waals surface area contributed by atoms with Gasteiger partial charge < -0.3 is 10.4 Å². The van der Waals surface area contributed by atoms with Crippen molar-refractivity contribution in [3.05, 3.63) is 29.8 Å². The number of hydrogen-bond donors (Lipinski definition) is 2. The van der Waals surface area contributed by atoms with Crippen molar-refractivity contribution >= 4 is 17.7 Å². The highest BCUT2D eigenvalue weighted by atomic mass is 32.2. The fourth-order valence-electron chi connectivity index (χ4n) is 1.81. The number of nitrogens with one attached hydrogen (secondary N) is 1. The molecule has 0 radical (unpaired) electrons. The molecule has 0 fully saturated rings. The van der Waals surface area contributed by atoms with Crippen LogP contribution in [0.2, 0.25) is 0 Å². The molecule has 1 amide bonds. The summed E-state index contributed by atoms with van der Waals surface area (Å²) in [5.74, 6) is 0.244. The Hall–Kier alpha value is -1.16. The van der Waals surface area contributed by atoms with Gasteiger partial charge in [0, 0.05) is 11.8 Å². The van der Waals surface area contributed by atoms with Crippen molar-refractivity contribution in [3.63, 3.8) is 0 Å². The highest BCUT2D eigenvalue weighted by Crippen LogP contribution is 2.28. The van der Waals surface area contributed by atoms with Crippen LogP contribution in [0.1, 0.15) is 26.3 Å². The van der Waals surface area contributed by atoms with Gasteiger partial charge in [0.2, 0.25) is 5.91 Å². The first-order chi connectivity index (χ1) is 8.82. The van der Waals surface area contributed by atoms with Crippen LogP contribution in [0, 0.1) is 5.41 Å². The van der Waals surface area contributed by atoms with Crippen molar-refractivity contribution in [2.45, 2.75) is 32.4 Å². The molecule has 3 nitrogen and oxygen atoms in total. The van der Waals surface area contributed by atoms with Gasteiger partial charge in [-0.15, -0.1) is 0 Å². The van der Waals surface area contributed by atoms with E-state index in [0.29, 0.717) is 18.2 Å². The lowest BCUT2D eigenvalue weighted by molar-refractivity contribution is -0.120. The smallest absolute Gasteiger partial charge is 0.224 e. The van der Waals surface area contributed by atoms with Crippen molar-refractivity contribution in [3.8, 4) is 5.75 Å². The van der Waals surface area contributed by atoms with Crippen LogP contribution < -0.4 is 5.32 Å². The summed E-state index contributed by atoms with van der Waals surface area (Å²) in [6.45, 7) is 7.22. The molecule has 0 spiro atoms. The first kappa shape index (κ1) is 15.9. The largest absolute Gasteiger partial charge is 0.508 e. The van der Waals surface area contributed by atoms with Crippen molar-refractivity contribution in [1.29, 1.82) is 0 Å².